The molecule has 2 N–H and O–H groups in total. The number of benzene rings is 1. The summed E-state index contributed by atoms with van der Waals surface area (Å²) in [6.45, 7) is 6.38. The highest BCUT2D eigenvalue weighted by Gasteiger charge is 2.13. The standard InChI is InChI=1S/C16H21N3OS/c1-11(2)18-16(20)12(3)17-9-15-19-14(10-21-15)13-7-5-4-6-8-13/h4-8,10-12,17H,9H2,1-3H3,(H,18,20). The first-order chi connectivity index (χ1) is 10.1. The Labute approximate surface area is 129 Å². The molecule has 2 aromatic rings. The first-order valence-electron chi connectivity index (χ1n) is 7.10. The molecule has 112 valence electrons. The number of carbonyl (C=O) groups is 1. The molecule has 1 aromatic heterocycles. The quantitative estimate of drug-likeness (QED) is 0.863. The number of aromatic nitrogens is 1. The van der Waals surface area contributed by atoms with Crippen LogP contribution in [0.2, 0.25) is 0 Å². The van der Waals surface area contributed by atoms with Gasteiger partial charge in [-0.3, -0.25) is 10.1 Å². The second kappa shape index (κ2) is 7.33. The zero-order valence-electron chi connectivity index (χ0n) is 12.6. The summed E-state index contributed by atoms with van der Waals surface area (Å²) in [4.78, 5) is 16.4. The van der Waals surface area contributed by atoms with Crippen molar-refractivity contribution < 1.29 is 4.79 Å². The van der Waals surface area contributed by atoms with E-state index < -0.39 is 0 Å². The molecule has 1 aromatic carbocycles. The van der Waals surface area contributed by atoms with Crippen LogP contribution in [0, 0.1) is 0 Å². The minimum absolute atomic E-state index is 0.0184. The minimum atomic E-state index is -0.225. The Morgan fingerprint density at radius 2 is 1.95 bits per heavy atom. The van der Waals surface area contributed by atoms with Crippen LogP contribution in [0.15, 0.2) is 35.7 Å². The van der Waals surface area contributed by atoms with Gasteiger partial charge in [0.05, 0.1) is 11.7 Å². The maximum atomic E-state index is 11.8. The molecule has 1 amide bonds. The topological polar surface area (TPSA) is 54.0 Å². The Hall–Kier alpha value is -1.72. The lowest BCUT2D eigenvalue weighted by Gasteiger charge is -2.15. The van der Waals surface area contributed by atoms with Gasteiger partial charge in [-0.2, -0.15) is 0 Å². The van der Waals surface area contributed by atoms with Crippen molar-refractivity contribution in [1.82, 2.24) is 15.6 Å². The summed E-state index contributed by atoms with van der Waals surface area (Å²) < 4.78 is 0. The molecule has 1 unspecified atom stereocenters. The Morgan fingerprint density at radius 3 is 2.62 bits per heavy atom. The Kier molecular flexibility index (Phi) is 5.47. The third-order valence-corrected chi connectivity index (χ3v) is 3.85. The van der Waals surface area contributed by atoms with Gasteiger partial charge in [0.1, 0.15) is 5.01 Å². The average Bonchev–Trinajstić information content (AvgIpc) is 2.94. The molecule has 1 heterocycles. The van der Waals surface area contributed by atoms with Gasteiger partial charge < -0.3 is 5.32 Å². The van der Waals surface area contributed by atoms with Gasteiger partial charge in [0, 0.05) is 23.5 Å². The van der Waals surface area contributed by atoms with Gasteiger partial charge in [-0.15, -0.1) is 11.3 Å². The van der Waals surface area contributed by atoms with E-state index in [1.165, 1.54) is 0 Å². The van der Waals surface area contributed by atoms with Gasteiger partial charge >= 0.3 is 0 Å². The Bertz CT molecular complexity index is 580. The molecule has 0 fully saturated rings. The summed E-state index contributed by atoms with van der Waals surface area (Å²) in [6, 6.07) is 10.0. The summed E-state index contributed by atoms with van der Waals surface area (Å²) >= 11 is 1.61. The second-order valence-corrected chi connectivity index (χ2v) is 6.20. The second-order valence-electron chi connectivity index (χ2n) is 5.26. The summed E-state index contributed by atoms with van der Waals surface area (Å²) in [7, 11) is 0. The molecule has 0 saturated carbocycles. The van der Waals surface area contributed by atoms with E-state index in [-0.39, 0.29) is 18.0 Å². The highest BCUT2D eigenvalue weighted by Crippen LogP contribution is 2.21. The van der Waals surface area contributed by atoms with Crippen molar-refractivity contribution >= 4 is 17.2 Å². The first-order valence-corrected chi connectivity index (χ1v) is 7.98. The van der Waals surface area contributed by atoms with Crippen molar-refractivity contribution in [3.8, 4) is 11.3 Å². The predicted octanol–water partition coefficient (Wildman–Crippen LogP) is 2.81. The first kappa shape index (κ1) is 15.7. The fraction of sp³-hybridized carbons (Fsp3) is 0.375. The monoisotopic (exact) mass is 303 g/mol. The van der Waals surface area contributed by atoms with Crippen LogP contribution < -0.4 is 10.6 Å². The van der Waals surface area contributed by atoms with Crippen LogP contribution in [-0.4, -0.2) is 23.0 Å². The smallest absolute Gasteiger partial charge is 0.237 e. The summed E-state index contributed by atoms with van der Waals surface area (Å²) in [5.74, 6) is 0.0184. The van der Waals surface area contributed by atoms with E-state index in [1.54, 1.807) is 11.3 Å². The van der Waals surface area contributed by atoms with Crippen LogP contribution in [0.5, 0.6) is 0 Å². The lowest BCUT2D eigenvalue weighted by Crippen LogP contribution is -2.44. The third-order valence-electron chi connectivity index (χ3n) is 3.00. The van der Waals surface area contributed by atoms with Crippen LogP contribution in [0.4, 0.5) is 0 Å². The van der Waals surface area contributed by atoms with Crippen LogP contribution >= 0.6 is 11.3 Å². The number of amides is 1. The maximum absolute atomic E-state index is 11.8. The van der Waals surface area contributed by atoms with E-state index in [0.29, 0.717) is 6.54 Å². The van der Waals surface area contributed by atoms with Gasteiger partial charge in [0.2, 0.25) is 5.91 Å². The number of hydrogen-bond donors (Lipinski definition) is 2. The fourth-order valence-electron chi connectivity index (χ4n) is 1.88. The molecule has 5 heteroatoms. The molecule has 2 rings (SSSR count). The van der Waals surface area contributed by atoms with Gasteiger partial charge in [-0.1, -0.05) is 30.3 Å². The zero-order chi connectivity index (χ0) is 15.2. The molecule has 21 heavy (non-hydrogen) atoms. The number of carbonyl (C=O) groups excluding carboxylic acids is 1. The fourth-order valence-corrected chi connectivity index (χ4v) is 2.63. The molecular weight excluding hydrogens is 282 g/mol. The molecule has 0 bridgehead atoms. The number of nitrogens with one attached hydrogen (secondary N) is 2. The van der Waals surface area contributed by atoms with Gasteiger partial charge in [-0.25, -0.2) is 4.98 Å². The van der Waals surface area contributed by atoms with E-state index in [2.05, 4.69) is 15.6 Å². The van der Waals surface area contributed by atoms with E-state index in [9.17, 15) is 4.79 Å². The predicted molar refractivity (Wildman–Crippen MR) is 87.1 cm³/mol. The number of thiazole rings is 1. The molecule has 0 aliphatic heterocycles. The van der Waals surface area contributed by atoms with Gasteiger partial charge in [0.15, 0.2) is 0 Å². The van der Waals surface area contributed by atoms with Gasteiger partial charge in [-0.05, 0) is 20.8 Å². The highest BCUT2D eigenvalue weighted by molar-refractivity contribution is 7.09. The molecule has 0 radical (unpaired) electrons. The molecule has 0 spiro atoms. The normalized spacial score (nSPS) is 12.4. The molecule has 1 atom stereocenters. The summed E-state index contributed by atoms with van der Waals surface area (Å²) in [5, 5.41) is 9.13. The minimum Gasteiger partial charge on any atom is -0.353 e. The maximum Gasteiger partial charge on any atom is 0.237 e. The number of rotatable bonds is 6. The van der Waals surface area contributed by atoms with Crippen molar-refractivity contribution in [2.75, 3.05) is 0 Å². The van der Waals surface area contributed by atoms with Crippen LogP contribution in [0.25, 0.3) is 11.3 Å². The molecule has 0 aliphatic carbocycles. The SMILES string of the molecule is CC(C)NC(=O)C(C)NCc1nc(-c2ccccc2)cs1. The summed E-state index contributed by atoms with van der Waals surface area (Å²) in [6.07, 6.45) is 0. The zero-order valence-corrected chi connectivity index (χ0v) is 13.4. The van der Waals surface area contributed by atoms with Crippen molar-refractivity contribution in [2.24, 2.45) is 0 Å². The average molecular weight is 303 g/mol. The molecule has 0 saturated heterocycles. The molecule has 4 nitrogen and oxygen atoms in total. The largest absolute Gasteiger partial charge is 0.353 e. The van der Waals surface area contributed by atoms with E-state index >= 15 is 0 Å². The van der Waals surface area contributed by atoms with Crippen molar-refractivity contribution in [3.05, 3.63) is 40.7 Å². The van der Waals surface area contributed by atoms with Gasteiger partial charge in [0.25, 0.3) is 0 Å². The van der Waals surface area contributed by atoms with E-state index in [1.807, 2.05) is 56.5 Å². The number of nitrogens with zero attached hydrogens (tertiary/aromatic N) is 1. The summed E-state index contributed by atoms with van der Waals surface area (Å²) in [5.41, 5.74) is 2.10. The molecule has 0 aliphatic rings. The number of hydrogen-bond acceptors (Lipinski definition) is 4. The Balaban J connectivity index is 1.90. The Morgan fingerprint density at radius 1 is 1.24 bits per heavy atom. The lowest BCUT2D eigenvalue weighted by atomic mass is 10.2. The van der Waals surface area contributed by atoms with E-state index in [4.69, 9.17) is 0 Å². The van der Waals surface area contributed by atoms with Crippen molar-refractivity contribution in [2.45, 2.75) is 39.4 Å². The molecular formula is C16H21N3OS. The van der Waals surface area contributed by atoms with Crippen LogP contribution in [-0.2, 0) is 11.3 Å². The van der Waals surface area contributed by atoms with E-state index in [0.717, 1.165) is 16.3 Å². The van der Waals surface area contributed by atoms with Crippen molar-refractivity contribution in [3.63, 3.8) is 0 Å². The van der Waals surface area contributed by atoms with Crippen molar-refractivity contribution in [1.29, 1.82) is 0 Å². The van der Waals surface area contributed by atoms with Crippen LogP contribution in [0.1, 0.15) is 25.8 Å². The third kappa shape index (κ3) is 4.65. The van der Waals surface area contributed by atoms with Crippen LogP contribution in [0.3, 0.4) is 0 Å². The highest BCUT2D eigenvalue weighted by atomic mass is 32.1. The lowest BCUT2D eigenvalue weighted by molar-refractivity contribution is -0.123.